The van der Waals surface area contributed by atoms with Crippen LogP contribution in [0.1, 0.15) is 0 Å². The van der Waals surface area contributed by atoms with Gasteiger partial charge in [-0.05, 0) is 24.3 Å². The number of sulfone groups is 1. The normalized spacial score (nSPS) is 11.5. The minimum absolute atomic E-state index is 0.00871. The topological polar surface area (TPSA) is 43.4 Å². The molecule has 2 aromatic carbocycles. The minimum atomic E-state index is -4.80. The van der Waals surface area contributed by atoms with E-state index >= 15 is 0 Å². The Labute approximate surface area is 121 Å². The molecule has 9 heteroatoms. The van der Waals surface area contributed by atoms with Crippen molar-refractivity contribution in [1.82, 2.24) is 0 Å². The summed E-state index contributed by atoms with van der Waals surface area (Å²) in [7, 11) is -3.66. The first-order valence-corrected chi connectivity index (χ1v) is 7.10. The molecule has 2 aromatic rings. The average molecular weight is 338 g/mol. The molecule has 0 heterocycles. The molecule has 0 N–H and O–H groups in total. The van der Waals surface area contributed by atoms with E-state index in [1.165, 1.54) is 0 Å². The van der Waals surface area contributed by atoms with E-state index in [2.05, 4.69) is 4.74 Å². The summed E-state index contributed by atoms with van der Waals surface area (Å²) in [6.07, 6.45) is 0. The van der Waals surface area contributed by atoms with E-state index < -0.39 is 48.7 Å². The zero-order chi connectivity index (χ0) is 16.7. The van der Waals surface area contributed by atoms with Crippen LogP contribution in [0.5, 0.6) is 5.75 Å². The molecule has 22 heavy (non-hydrogen) atoms. The highest BCUT2D eigenvalue weighted by Crippen LogP contribution is 2.29. The Bertz CT molecular complexity index is 849. The van der Waals surface area contributed by atoms with Crippen LogP contribution < -0.4 is 4.74 Å². The summed E-state index contributed by atoms with van der Waals surface area (Å²) in [5.41, 5.74) is 0. The predicted octanol–water partition coefficient (Wildman–Crippen LogP) is 3.22. The SMILES string of the molecule is COc1ccc(S(=O)(=O)c2cc(F)c(F)c(F)c2F)cc1F. The van der Waals surface area contributed by atoms with Crippen molar-refractivity contribution >= 4 is 9.84 Å². The van der Waals surface area contributed by atoms with E-state index in [4.69, 9.17) is 0 Å². The Hall–Kier alpha value is -2.16. The minimum Gasteiger partial charge on any atom is -0.494 e. The van der Waals surface area contributed by atoms with Crippen molar-refractivity contribution in [1.29, 1.82) is 0 Å². The second-order valence-corrected chi connectivity index (χ2v) is 6.02. The maximum absolute atomic E-state index is 13.6. The molecule has 0 aromatic heterocycles. The van der Waals surface area contributed by atoms with Crippen LogP contribution >= 0.6 is 0 Å². The average Bonchev–Trinajstić information content (AvgIpc) is 2.48. The van der Waals surface area contributed by atoms with Crippen molar-refractivity contribution in [2.45, 2.75) is 9.79 Å². The highest BCUT2D eigenvalue weighted by molar-refractivity contribution is 7.91. The summed E-state index contributed by atoms with van der Waals surface area (Å²) in [6.45, 7) is 0. The predicted molar refractivity (Wildman–Crippen MR) is 64.7 cm³/mol. The van der Waals surface area contributed by atoms with Crippen molar-refractivity contribution in [2.24, 2.45) is 0 Å². The Morgan fingerprint density at radius 1 is 0.864 bits per heavy atom. The third-order valence-corrected chi connectivity index (χ3v) is 4.54. The third kappa shape index (κ3) is 2.52. The second kappa shape index (κ2) is 5.56. The largest absolute Gasteiger partial charge is 0.494 e. The van der Waals surface area contributed by atoms with E-state index in [0.717, 1.165) is 19.2 Å². The van der Waals surface area contributed by atoms with Crippen LogP contribution in [-0.4, -0.2) is 15.5 Å². The van der Waals surface area contributed by atoms with Gasteiger partial charge in [0.15, 0.2) is 34.8 Å². The summed E-state index contributed by atoms with van der Waals surface area (Å²) in [5.74, 6) is -9.74. The Kier molecular flexibility index (Phi) is 4.10. The van der Waals surface area contributed by atoms with Gasteiger partial charge in [-0.3, -0.25) is 0 Å². The fourth-order valence-electron chi connectivity index (χ4n) is 1.69. The second-order valence-electron chi connectivity index (χ2n) is 4.10. The van der Waals surface area contributed by atoms with E-state index in [9.17, 15) is 30.4 Å². The smallest absolute Gasteiger partial charge is 0.209 e. The van der Waals surface area contributed by atoms with E-state index in [1.807, 2.05) is 0 Å². The summed E-state index contributed by atoms with van der Waals surface area (Å²) < 4.78 is 95.1. The zero-order valence-corrected chi connectivity index (χ0v) is 11.6. The van der Waals surface area contributed by atoms with Crippen LogP contribution in [-0.2, 0) is 9.84 Å². The maximum atomic E-state index is 13.6. The monoisotopic (exact) mass is 338 g/mol. The van der Waals surface area contributed by atoms with Crippen LogP contribution in [0.25, 0.3) is 0 Å². The molecule has 0 atom stereocenters. The lowest BCUT2D eigenvalue weighted by atomic mass is 10.3. The number of hydrogen-bond donors (Lipinski definition) is 0. The van der Waals surface area contributed by atoms with Gasteiger partial charge in [0.2, 0.25) is 9.84 Å². The van der Waals surface area contributed by atoms with Gasteiger partial charge in [-0.25, -0.2) is 30.4 Å². The van der Waals surface area contributed by atoms with Crippen molar-refractivity contribution in [3.05, 3.63) is 53.4 Å². The number of ether oxygens (including phenoxy) is 1. The van der Waals surface area contributed by atoms with Gasteiger partial charge in [0, 0.05) is 0 Å². The fourth-order valence-corrected chi connectivity index (χ4v) is 3.03. The van der Waals surface area contributed by atoms with Gasteiger partial charge in [0.25, 0.3) is 0 Å². The van der Waals surface area contributed by atoms with Crippen LogP contribution in [0.3, 0.4) is 0 Å². The Morgan fingerprint density at radius 2 is 1.50 bits per heavy atom. The number of methoxy groups -OCH3 is 1. The van der Waals surface area contributed by atoms with Crippen molar-refractivity contribution in [2.75, 3.05) is 7.11 Å². The number of hydrogen-bond acceptors (Lipinski definition) is 3. The molecule has 0 fully saturated rings. The molecule has 0 saturated carbocycles. The standard InChI is InChI=1S/C13H7F5O3S/c1-21-9-3-2-6(4-7(9)14)22(19,20)10-5-8(15)11(16)13(18)12(10)17/h2-5H,1H3. The molecule has 0 aliphatic carbocycles. The van der Waals surface area contributed by atoms with Gasteiger partial charge < -0.3 is 4.74 Å². The highest BCUT2D eigenvalue weighted by atomic mass is 32.2. The summed E-state index contributed by atoms with van der Waals surface area (Å²) in [4.78, 5) is -2.21. The first-order chi connectivity index (χ1) is 10.2. The number of halogens is 5. The van der Waals surface area contributed by atoms with Gasteiger partial charge in [0.1, 0.15) is 4.90 Å². The zero-order valence-electron chi connectivity index (χ0n) is 10.8. The summed E-state index contributed by atoms with van der Waals surface area (Å²) in [5, 5.41) is 0. The van der Waals surface area contributed by atoms with E-state index in [1.54, 1.807) is 0 Å². The van der Waals surface area contributed by atoms with Gasteiger partial charge in [-0.2, -0.15) is 0 Å². The molecule has 0 unspecified atom stereocenters. The van der Waals surface area contributed by atoms with Crippen LogP contribution in [0.4, 0.5) is 22.0 Å². The molecule has 0 radical (unpaired) electrons. The third-order valence-electron chi connectivity index (χ3n) is 2.79. The van der Waals surface area contributed by atoms with Crippen molar-refractivity contribution in [3.63, 3.8) is 0 Å². The molecule has 0 bridgehead atoms. The molecular weight excluding hydrogens is 331 g/mol. The van der Waals surface area contributed by atoms with E-state index in [-0.39, 0.29) is 11.8 Å². The van der Waals surface area contributed by atoms with Crippen molar-refractivity contribution < 1.29 is 35.1 Å². The van der Waals surface area contributed by atoms with Crippen LogP contribution in [0.15, 0.2) is 34.1 Å². The van der Waals surface area contributed by atoms with Crippen LogP contribution in [0.2, 0.25) is 0 Å². The quantitative estimate of drug-likeness (QED) is 0.374. The number of rotatable bonds is 3. The summed E-state index contributed by atoms with van der Waals surface area (Å²) >= 11 is 0. The first kappa shape index (κ1) is 16.2. The molecule has 0 aliphatic heterocycles. The molecule has 0 amide bonds. The van der Waals surface area contributed by atoms with Gasteiger partial charge >= 0.3 is 0 Å². The molecule has 0 spiro atoms. The lowest BCUT2D eigenvalue weighted by Crippen LogP contribution is -2.09. The Balaban J connectivity index is 2.68. The molecule has 0 saturated heterocycles. The lowest BCUT2D eigenvalue weighted by Gasteiger charge is -2.09. The van der Waals surface area contributed by atoms with Gasteiger partial charge in [-0.15, -0.1) is 0 Å². The first-order valence-electron chi connectivity index (χ1n) is 5.61. The van der Waals surface area contributed by atoms with Gasteiger partial charge in [0.05, 0.1) is 12.0 Å². The molecule has 2 rings (SSSR count). The van der Waals surface area contributed by atoms with Gasteiger partial charge in [-0.1, -0.05) is 0 Å². The Morgan fingerprint density at radius 3 is 2.05 bits per heavy atom. The molecule has 0 aliphatic rings. The molecular formula is C13H7F5O3S. The van der Waals surface area contributed by atoms with Crippen molar-refractivity contribution in [3.8, 4) is 5.75 Å². The summed E-state index contributed by atoms with van der Waals surface area (Å²) in [6, 6.07) is 2.28. The molecule has 118 valence electrons. The van der Waals surface area contributed by atoms with E-state index in [0.29, 0.717) is 6.07 Å². The number of benzene rings is 2. The fraction of sp³-hybridized carbons (Fsp3) is 0.0769. The lowest BCUT2D eigenvalue weighted by molar-refractivity contribution is 0.385. The van der Waals surface area contributed by atoms with Crippen LogP contribution in [0, 0.1) is 29.1 Å². The molecule has 3 nitrogen and oxygen atoms in total. The maximum Gasteiger partial charge on any atom is 0.209 e. The highest BCUT2D eigenvalue weighted by Gasteiger charge is 2.29.